The van der Waals surface area contributed by atoms with Crippen LogP contribution in [0.2, 0.25) is 0 Å². The van der Waals surface area contributed by atoms with E-state index in [1.54, 1.807) is 0 Å². The first-order valence-corrected chi connectivity index (χ1v) is 5.74. The maximum Gasteiger partial charge on any atom is 0.348 e. The molecule has 0 saturated heterocycles. The summed E-state index contributed by atoms with van der Waals surface area (Å²) in [5.74, 6) is -1.26. The summed E-state index contributed by atoms with van der Waals surface area (Å²) in [6.07, 6.45) is 5.65. The van der Waals surface area contributed by atoms with E-state index in [0.717, 1.165) is 18.2 Å². The van der Waals surface area contributed by atoms with E-state index in [4.69, 9.17) is 0 Å². The van der Waals surface area contributed by atoms with Crippen molar-refractivity contribution in [1.29, 1.82) is 0 Å². The molecule has 15 heavy (non-hydrogen) atoms. The fraction of sp³-hybridized carbons (Fsp3) is 0.400. The van der Waals surface area contributed by atoms with Gasteiger partial charge in [0.25, 0.3) is 0 Å². The zero-order valence-corrected chi connectivity index (χ0v) is 9.02. The van der Waals surface area contributed by atoms with Gasteiger partial charge in [0.15, 0.2) is 0 Å². The zero-order valence-electron chi connectivity index (χ0n) is 8.20. The summed E-state index contributed by atoms with van der Waals surface area (Å²) in [6, 6.07) is 0. The predicted octanol–water partition coefficient (Wildman–Crippen LogP) is 2.23. The molecule has 0 aromatic carbocycles. The molecule has 0 fully saturated rings. The van der Waals surface area contributed by atoms with Gasteiger partial charge in [0.05, 0.1) is 6.42 Å². The maximum atomic E-state index is 13.7. The molecule has 0 aromatic rings. The molecular formula is C10H11F2O2S. The monoisotopic (exact) mass is 233 g/mol. The maximum absolute atomic E-state index is 13.7. The molecule has 2 nitrogen and oxygen atoms in total. The molecule has 0 aliphatic heterocycles. The van der Waals surface area contributed by atoms with Gasteiger partial charge in [-0.3, -0.25) is 0 Å². The molecule has 0 amide bonds. The second-order valence-electron chi connectivity index (χ2n) is 2.95. The molecule has 0 heterocycles. The number of ether oxygens (including phenoxy) is 1. The van der Waals surface area contributed by atoms with Gasteiger partial charge in [0, 0.05) is 5.75 Å². The summed E-state index contributed by atoms with van der Waals surface area (Å²) in [5.41, 5.74) is -2.46. The van der Waals surface area contributed by atoms with Crippen LogP contribution in [0.4, 0.5) is 8.78 Å². The van der Waals surface area contributed by atoms with Crippen molar-refractivity contribution in [3.05, 3.63) is 30.5 Å². The SMILES string of the molecule is CSCCOC(=O)C1(F)[CH]C(F)=CC=C1. The Hall–Kier alpha value is -0.840. The fourth-order valence-corrected chi connectivity index (χ4v) is 1.28. The summed E-state index contributed by atoms with van der Waals surface area (Å²) in [7, 11) is 0. The van der Waals surface area contributed by atoms with E-state index in [1.165, 1.54) is 11.8 Å². The van der Waals surface area contributed by atoms with Crippen molar-refractivity contribution in [2.45, 2.75) is 5.67 Å². The molecule has 1 aliphatic carbocycles. The third kappa shape index (κ3) is 3.34. The molecule has 0 aromatic heterocycles. The number of carbonyl (C=O) groups excluding carboxylic acids is 1. The Kier molecular flexibility index (Phi) is 4.32. The van der Waals surface area contributed by atoms with Gasteiger partial charge in [-0.2, -0.15) is 11.8 Å². The van der Waals surface area contributed by atoms with Crippen LogP contribution in [-0.4, -0.2) is 30.3 Å². The van der Waals surface area contributed by atoms with Crippen molar-refractivity contribution in [1.82, 2.24) is 0 Å². The number of esters is 1. The van der Waals surface area contributed by atoms with E-state index in [2.05, 4.69) is 4.74 Å². The molecule has 0 N–H and O–H groups in total. The molecule has 1 atom stereocenters. The van der Waals surface area contributed by atoms with E-state index in [9.17, 15) is 13.6 Å². The Bertz CT molecular complexity index is 302. The van der Waals surface area contributed by atoms with Crippen LogP contribution in [0.3, 0.4) is 0 Å². The highest BCUT2D eigenvalue weighted by molar-refractivity contribution is 7.98. The molecule has 1 unspecified atom stereocenters. The van der Waals surface area contributed by atoms with E-state index in [-0.39, 0.29) is 6.61 Å². The first-order valence-electron chi connectivity index (χ1n) is 4.34. The highest BCUT2D eigenvalue weighted by atomic mass is 32.2. The van der Waals surface area contributed by atoms with Crippen LogP contribution >= 0.6 is 11.8 Å². The molecule has 1 aliphatic rings. The Morgan fingerprint density at radius 3 is 3.00 bits per heavy atom. The lowest BCUT2D eigenvalue weighted by Gasteiger charge is -2.20. The molecular weight excluding hydrogens is 222 g/mol. The van der Waals surface area contributed by atoms with Gasteiger partial charge in [0.1, 0.15) is 12.4 Å². The van der Waals surface area contributed by atoms with Crippen LogP contribution in [0.25, 0.3) is 0 Å². The number of allylic oxidation sites excluding steroid dienone is 3. The van der Waals surface area contributed by atoms with Crippen LogP contribution < -0.4 is 0 Å². The highest BCUT2D eigenvalue weighted by Crippen LogP contribution is 2.28. The van der Waals surface area contributed by atoms with Crippen molar-refractivity contribution in [2.75, 3.05) is 18.6 Å². The average molecular weight is 233 g/mol. The number of halogens is 2. The van der Waals surface area contributed by atoms with Gasteiger partial charge < -0.3 is 4.74 Å². The summed E-state index contributed by atoms with van der Waals surface area (Å²) >= 11 is 1.48. The lowest BCUT2D eigenvalue weighted by Crippen LogP contribution is -2.35. The van der Waals surface area contributed by atoms with Crippen LogP contribution in [0, 0.1) is 6.42 Å². The first-order chi connectivity index (χ1) is 7.08. The molecule has 0 bridgehead atoms. The predicted molar refractivity (Wildman–Crippen MR) is 55.8 cm³/mol. The van der Waals surface area contributed by atoms with Crippen molar-refractivity contribution in [3.63, 3.8) is 0 Å². The quantitative estimate of drug-likeness (QED) is 0.550. The van der Waals surface area contributed by atoms with Crippen molar-refractivity contribution in [2.24, 2.45) is 0 Å². The second-order valence-corrected chi connectivity index (χ2v) is 3.94. The fourth-order valence-electron chi connectivity index (χ4n) is 1.03. The average Bonchev–Trinajstić information content (AvgIpc) is 2.17. The van der Waals surface area contributed by atoms with Crippen molar-refractivity contribution in [3.8, 4) is 0 Å². The first kappa shape index (κ1) is 12.2. The number of hydrogen-bond acceptors (Lipinski definition) is 3. The normalized spacial score (nSPS) is 24.9. The molecule has 1 radical (unpaired) electrons. The summed E-state index contributed by atoms with van der Waals surface area (Å²) in [4.78, 5) is 11.3. The topological polar surface area (TPSA) is 26.3 Å². The van der Waals surface area contributed by atoms with Crippen LogP contribution in [-0.2, 0) is 9.53 Å². The number of thioether (sulfide) groups is 1. The minimum atomic E-state index is -2.46. The van der Waals surface area contributed by atoms with Crippen LogP contribution in [0.5, 0.6) is 0 Å². The number of carbonyl (C=O) groups is 1. The Labute approximate surface area is 91.4 Å². The van der Waals surface area contributed by atoms with Gasteiger partial charge in [-0.15, -0.1) is 0 Å². The third-order valence-corrected chi connectivity index (χ3v) is 2.35. The van der Waals surface area contributed by atoms with Crippen LogP contribution in [0.1, 0.15) is 0 Å². The van der Waals surface area contributed by atoms with Crippen molar-refractivity contribution >= 4 is 17.7 Å². The number of hydrogen-bond donors (Lipinski definition) is 0. The second kappa shape index (κ2) is 5.30. The van der Waals surface area contributed by atoms with Gasteiger partial charge in [-0.25, -0.2) is 13.6 Å². The van der Waals surface area contributed by atoms with Gasteiger partial charge in [-0.1, -0.05) is 6.08 Å². The van der Waals surface area contributed by atoms with Gasteiger partial charge >= 0.3 is 5.97 Å². The van der Waals surface area contributed by atoms with Gasteiger partial charge in [0.2, 0.25) is 5.67 Å². The Morgan fingerprint density at radius 2 is 2.40 bits per heavy atom. The third-order valence-electron chi connectivity index (χ3n) is 1.78. The lowest BCUT2D eigenvalue weighted by atomic mass is 9.97. The van der Waals surface area contributed by atoms with Gasteiger partial charge in [-0.05, 0) is 18.4 Å². The minimum absolute atomic E-state index is 0.124. The standard InChI is InChI=1S/C10H11F2O2S/c1-15-6-5-14-9(13)10(12)4-2-3-8(11)7-10/h2-4,7H,5-6H2,1H3. The Morgan fingerprint density at radius 1 is 1.67 bits per heavy atom. The smallest absolute Gasteiger partial charge is 0.348 e. The number of rotatable bonds is 4. The molecule has 5 heteroatoms. The molecule has 1 rings (SSSR count). The van der Waals surface area contributed by atoms with E-state index >= 15 is 0 Å². The highest BCUT2D eigenvalue weighted by Gasteiger charge is 2.40. The molecule has 83 valence electrons. The van der Waals surface area contributed by atoms with E-state index < -0.39 is 17.5 Å². The summed E-state index contributed by atoms with van der Waals surface area (Å²) < 4.78 is 31.1. The summed E-state index contributed by atoms with van der Waals surface area (Å²) in [6.45, 7) is 0.124. The molecule has 0 saturated carbocycles. The van der Waals surface area contributed by atoms with Crippen molar-refractivity contribution < 1.29 is 18.3 Å². The largest absolute Gasteiger partial charge is 0.462 e. The molecule has 0 spiro atoms. The zero-order chi connectivity index (χ0) is 11.3. The van der Waals surface area contributed by atoms with Crippen LogP contribution in [0.15, 0.2) is 24.1 Å². The minimum Gasteiger partial charge on any atom is -0.462 e. The summed E-state index contributed by atoms with van der Waals surface area (Å²) in [5, 5.41) is 0. The lowest BCUT2D eigenvalue weighted by molar-refractivity contribution is -0.151. The Balaban J connectivity index is 2.52. The number of alkyl halides is 1. The van der Waals surface area contributed by atoms with E-state index in [0.29, 0.717) is 12.2 Å². The van der Waals surface area contributed by atoms with E-state index in [1.807, 2.05) is 6.26 Å².